The molecule has 1 aliphatic heterocycles. The van der Waals surface area contributed by atoms with Crippen molar-refractivity contribution in [2.24, 2.45) is 10.9 Å². The fraction of sp³-hybridized carbons (Fsp3) is 0.727. The summed E-state index contributed by atoms with van der Waals surface area (Å²) in [5.74, 6) is 0.593. The van der Waals surface area contributed by atoms with E-state index in [9.17, 15) is 0 Å². The second-order valence-corrected chi connectivity index (χ2v) is 4.60. The predicted molar refractivity (Wildman–Crippen MR) is 59.6 cm³/mol. The number of aromatic nitrogens is 3. The van der Waals surface area contributed by atoms with E-state index in [1.165, 1.54) is 12.8 Å². The zero-order valence-corrected chi connectivity index (χ0v) is 9.25. The van der Waals surface area contributed by atoms with Gasteiger partial charge in [0.05, 0.1) is 25.1 Å². The molecule has 1 saturated heterocycles. The van der Waals surface area contributed by atoms with Crippen molar-refractivity contribution in [3.05, 3.63) is 11.9 Å². The summed E-state index contributed by atoms with van der Waals surface area (Å²) >= 11 is 0. The van der Waals surface area contributed by atoms with Crippen LogP contribution in [0.4, 0.5) is 0 Å². The lowest BCUT2D eigenvalue weighted by atomic mass is 10.1. The summed E-state index contributed by atoms with van der Waals surface area (Å²) in [6.45, 7) is 2.64. The van der Waals surface area contributed by atoms with Crippen LogP contribution in [0.5, 0.6) is 0 Å². The average molecular weight is 220 g/mol. The molecule has 0 radical (unpaired) electrons. The van der Waals surface area contributed by atoms with Crippen LogP contribution in [0.15, 0.2) is 11.2 Å². The predicted octanol–water partition coefficient (Wildman–Crippen LogP) is 0.896. The maximum Gasteiger partial charge on any atom is 0.123 e. The SMILES string of the molecule is C(=NC1CC1)c1cn(C[C@@H]2CCOC2)nn1. The van der Waals surface area contributed by atoms with E-state index in [-0.39, 0.29) is 0 Å². The van der Waals surface area contributed by atoms with E-state index in [1.54, 1.807) is 0 Å². The Hall–Kier alpha value is -1.23. The molecule has 0 unspecified atom stereocenters. The summed E-state index contributed by atoms with van der Waals surface area (Å²) in [6.07, 6.45) is 7.38. The number of aliphatic imine (C=N–C) groups is 1. The van der Waals surface area contributed by atoms with Gasteiger partial charge in [-0.3, -0.25) is 9.67 Å². The third-order valence-electron chi connectivity index (χ3n) is 2.99. The quantitative estimate of drug-likeness (QED) is 0.708. The van der Waals surface area contributed by atoms with Crippen molar-refractivity contribution in [2.75, 3.05) is 13.2 Å². The molecule has 5 heteroatoms. The van der Waals surface area contributed by atoms with Gasteiger partial charge in [0.1, 0.15) is 5.69 Å². The maximum atomic E-state index is 5.34. The monoisotopic (exact) mass is 220 g/mol. The second kappa shape index (κ2) is 4.33. The summed E-state index contributed by atoms with van der Waals surface area (Å²) in [5.41, 5.74) is 0.866. The molecule has 1 atom stereocenters. The first-order valence-electron chi connectivity index (χ1n) is 5.91. The van der Waals surface area contributed by atoms with Crippen molar-refractivity contribution in [3.8, 4) is 0 Å². The molecule has 2 heterocycles. The highest BCUT2D eigenvalue weighted by molar-refractivity contribution is 5.76. The number of nitrogens with zero attached hydrogens (tertiary/aromatic N) is 4. The molecule has 86 valence electrons. The molecule has 3 rings (SSSR count). The van der Waals surface area contributed by atoms with Gasteiger partial charge in [-0.1, -0.05) is 5.21 Å². The molecule has 0 N–H and O–H groups in total. The van der Waals surface area contributed by atoms with Gasteiger partial charge in [-0.05, 0) is 19.3 Å². The Balaban J connectivity index is 1.58. The highest BCUT2D eigenvalue weighted by Crippen LogP contribution is 2.23. The van der Waals surface area contributed by atoms with Crippen LogP contribution >= 0.6 is 0 Å². The first kappa shape index (κ1) is 9.96. The molecular formula is C11H16N4O. The van der Waals surface area contributed by atoms with E-state index in [1.807, 2.05) is 17.1 Å². The van der Waals surface area contributed by atoms with E-state index >= 15 is 0 Å². The average Bonchev–Trinajstić information content (AvgIpc) is 2.78. The Labute approximate surface area is 94.5 Å². The third kappa shape index (κ3) is 2.47. The Morgan fingerprint density at radius 2 is 2.44 bits per heavy atom. The molecule has 1 aromatic heterocycles. The third-order valence-corrected chi connectivity index (χ3v) is 2.99. The van der Waals surface area contributed by atoms with Crippen LogP contribution in [0.1, 0.15) is 25.0 Å². The lowest BCUT2D eigenvalue weighted by Gasteiger charge is -2.05. The van der Waals surface area contributed by atoms with Crippen LogP contribution in [0, 0.1) is 5.92 Å². The molecule has 2 fully saturated rings. The molecule has 0 spiro atoms. The van der Waals surface area contributed by atoms with Gasteiger partial charge in [-0.25, -0.2) is 0 Å². The Morgan fingerprint density at radius 3 is 3.19 bits per heavy atom. The molecular weight excluding hydrogens is 204 g/mol. The first-order chi connectivity index (χ1) is 7.90. The molecule has 1 aliphatic carbocycles. The van der Waals surface area contributed by atoms with Gasteiger partial charge in [-0.2, -0.15) is 0 Å². The van der Waals surface area contributed by atoms with Gasteiger partial charge >= 0.3 is 0 Å². The van der Waals surface area contributed by atoms with Crippen LogP contribution < -0.4 is 0 Å². The fourth-order valence-corrected chi connectivity index (χ4v) is 1.86. The molecule has 0 amide bonds. The summed E-state index contributed by atoms with van der Waals surface area (Å²) in [4.78, 5) is 4.39. The minimum atomic E-state index is 0.549. The summed E-state index contributed by atoms with van der Waals surface area (Å²) in [6, 6.07) is 0.549. The Bertz CT molecular complexity index is 377. The van der Waals surface area contributed by atoms with Crippen molar-refractivity contribution < 1.29 is 4.74 Å². The van der Waals surface area contributed by atoms with E-state index in [0.29, 0.717) is 12.0 Å². The minimum absolute atomic E-state index is 0.549. The molecule has 0 aromatic carbocycles. The van der Waals surface area contributed by atoms with Crippen molar-refractivity contribution in [2.45, 2.75) is 31.8 Å². The van der Waals surface area contributed by atoms with Gasteiger partial charge in [-0.15, -0.1) is 5.10 Å². The lowest BCUT2D eigenvalue weighted by molar-refractivity contribution is 0.181. The van der Waals surface area contributed by atoms with E-state index in [2.05, 4.69) is 15.3 Å². The zero-order chi connectivity index (χ0) is 10.8. The van der Waals surface area contributed by atoms with Gasteiger partial charge in [0.25, 0.3) is 0 Å². The lowest BCUT2D eigenvalue weighted by Crippen LogP contribution is -2.11. The standard InChI is InChI=1S/C11H16N4O/c1-2-10(1)12-5-11-7-15(14-13-11)6-9-3-4-16-8-9/h5,7,9-10H,1-4,6,8H2/t9-/m0/s1. The molecule has 2 aliphatic rings. The van der Waals surface area contributed by atoms with Gasteiger partial charge < -0.3 is 4.74 Å². The van der Waals surface area contributed by atoms with E-state index in [4.69, 9.17) is 4.74 Å². The first-order valence-corrected chi connectivity index (χ1v) is 5.91. The summed E-state index contributed by atoms with van der Waals surface area (Å²) < 4.78 is 7.23. The molecule has 1 saturated carbocycles. The summed E-state index contributed by atoms with van der Waals surface area (Å²) in [7, 11) is 0. The van der Waals surface area contributed by atoms with Crippen LogP contribution in [0.25, 0.3) is 0 Å². The fourth-order valence-electron chi connectivity index (χ4n) is 1.86. The van der Waals surface area contributed by atoms with E-state index in [0.717, 1.165) is 31.9 Å². The van der Waals surface area contributed by atoms with Crippen LogP contribution in [-0.4, -0.2) is 40.5 Å². The molecule has 0 bridgehead atoms. The van der Waals surface area contributed by atoms with E-state index < -0.39 is 0 Å². The number of ether oxygens (including phenoxy) is 1. The van der Waals surface area contributed by atoms with Crippen molar-refractivity contribution in [3.63, 3.8) is 0 Å². The smallest absolute Gasteiger partial charge is 0.123 e. The Kier molecular flexibility index (Phi) is 2.70. The van der Waals surface area contributed by atoms with Gasteiger partial charge in [0.15, 0.2) is 0 Å². The van der Waals surface area contributed by atoms with Crippen molar-refractivity contribution in [1.29, 1.82) is 0 Å². The molecule has 5 nitrogen and oxygen atoms in total. The van der Waals surface area contributed by atoms with Crippen LogP contribution in [0.2, 0.25) is 0 Å². The maximum absolute atomic E-state index is 5.34. The van der Waals surface area contributed by atoms with Crippen LogP contribution in [0.3, 0.4) is 0 Å². The van der Waals surface area contributed by atoms with Crippen molar-refractivity contribution in [1.82, 2.24) is 15.0 Å². The number of hydrogen-bond donors (Lipinski definition) is 0. The largest absolute Gasteiger partial charge is 0.381 e. The van der Waals surface area contributed by atoms with Gasteiger partial charge in [0.2, 0.25) is 0 Å². The topological polar surface area (TPSA) is 52.3 Å². The van der Waals surface area contributed by atoms with Gasteiger partial charge in [0, 0.05) is 19.1 Å². The second-order valence-electron chi connectivity index (χ2n) is 4.60. The van der Waals surface area contributed by atoms with Crippen LogP contribution in [-0.2, 0) is 11.3 Å². The number of rotatable bonds is 4. The highest BCUT2D eigenvalue weighted by Gasteiger charge is 2.19. The van der Waals surface area contributed by atoms with Crippen molar-refractivity contribution >= 4 is 6.21 Å². The summed E-state index contributed by atoms with van der Waals surface area (Å²) in [5, 5.41) is 8.18. The molecule has 1 aromatic rings. The minimum Gasteiger partial charge on any atom is -0.381 e. The highest BCUT2D eigenvalue weighted by atomic mass is 16.5. The zero-order valence-electron chi connectivity index (χ0n) is 9.25. The normalized spacial score (nSPS) is 25.6. The number of hydrogen-bond acceptors (Lipinski definition) is 4. The molecule has 16 heavy (non-hydrogen) atoms. The Morgan fingerprint density at radius 1 is 1.50 bits per heavy atom.